The van der Waals surface area contributed by atoms with Gasteiger partial charge in [0, 0.05) is 17.6 Å². The Morgan fingerprint density at radius 2 is 1.70 bits per heavy atom. The summed E-state index contributed by atoms with van der Waals surface area (Å²) in [4.78, 5) is 21.3. The molecular formula is C17H15N5O. The zero-order chi connectivity index (χ0) is 16.1. The van der Waals surface area contributed by atoms with Crippen LogP contribution in [0.5, 0.6) is 0 Å². The minimum Gasteiger partial charge on any atom is -0.281 e. The number of benzene rings is 1. The summed E-state index contributed by atoms with van der Waals surface area (Å²) in [6.45, 7) is 5.97. The molecule has 0 N–H and O–H groups in total. The van der Waals surface area contributed by atoms with Crippen LogP contribution in [0.15, 0.2) is 41.6 Å². The number of fused-ring (bicyclic) bond motifs is 3. The molecule has 0 saturated carbocycles. The second kappa shape index (κ2) is 4.74. The van der Waals surface area contributed by atoms with E-state index in [0.29, 0.717) is 11.2 Å². The quantitative estimate of drug-likeness (QED) is 0.541. The molecule has 114 valence electrons. The van der Waals surface area contributed by atoms with Gasteiger partial charge in [-0.25, -0.2) is 4.98 Å². The topological polar surface area (TPSA) is 65.1 Å². The Bertz CT molecular complexity index is 1100. The van der Waals surface area contributed by atoms with E-state index < -0.39 is 0 Å². The highest BCUT2D eigenvalue weighted by molar-refractivity contribution is 5.79. The Morgan fingerprint density at radius 3 is 2.43 bits per heavy atom. The molecule has 23 heavy (non-hydrogen) atoms. The van der Waals surface area contributed by atoms with Gasteiger partial charge < -0.3 is 0 Å². The molecule has 0 spiro atoms. The van der Waals surface area contributed by atoms with Gasteiger partial charge in [0.2, 0.25) is 0 Å². The van der Waals surface area contributed by atoms with Crippen molar-refractivity contribution in [3.8, 4) is 5.69 Å². The molecule has 4 aromatic rings. The largest absolute Gasteiger partial charge is 0.281 e. The van der Waals surface area contributed by atoms with Gasteiger partial charge in [0.15, 0.2) is 0 Å². The predicted molar refractivity (Wildman–Crippen MR) is 88.1 cm³/mol. The van der Waals surface area contributed by atoms with Crippen molar-refractivity contribution in [1.82, 2.24) is 24.1 Å². The number of aryl methyl sites for hydroxylation is 3. The molecule has 4 rings (SSSR count). The van der Waals surface area contributed by atoms with Crippen LogP contribution in [0, 0.1) is 20.8 Å². The fraction of sp³-hybridized carbons (Fsp3) is 0.176. The molecule has 3 aromatic heterocycles. The minimum atomic E-state index is -0.102. The Hall–Kier alpha value is -3.02. The number of pyridine rings is 1. The third-order valence-corrected chi connectivity index (χ3v) is 3.94. The van der Waals surface area contributed by atoms with E-state index in [0.717, 1.165) is 28.0 Å². The van der Waals surface area contributed by atoms with Gasteiger partial charge >= 0.3 is 0 Å². The first kappa shape index (κ1) is 13.6. The normalized spacial score (nSPS) is 11.4. The average molecular weight is 305 g/mol. The molecule has 0 aliphatic heterocycles. The van der Waals surface area contributed by atoms with E-state index in [-0.39, 0.29) is 5.56 Å². The number of rotatable bonds is 1. The smallest absolute Gasteiger partial charge is 0.266 e. The number of aromatic nitrogens is 5. The fourth-order valence-corrected chi connectivity index (χ4v) is 3.04. The van der Waals surface area contributed by atoms with E-state index in [1.165, 1.54) is 6.33 Å². The highest BCUT2D eigenvalue weighted by Gasteiger charge is 2.12. The molecule has 3 heterocycles. The van der Waals surface area contributed by atoms with Crippen molar-refractivity contribution in [2.45, 2.75) is 20.8 Å². The lowest BCUT2D eigenvalue weighted by Gasteiger charge is -2.13. The van der Waals surface area contributed by atoms with Gasteiger partial charge in [-0.15, -0.1) is 0 Å². The Morgan fingerprint density at radius 1 is 0.957 bits per heavy atom. The molecule has 0 amide bonds. The number of hydrogen-bond acceptors (Lipinski definition) is 4. The summed E-state index contributed by atoms with van der Waals surface area (Å²) in [5.74, 6) is 0.487. The molecular weight excluding hydrogens is 290 g/mol. The summed E-state index contributed by atoms with van der Waals surface area (Å²) in [7, 11) is 0. The Kier molecular flexibility index (Phi) is 2.81. The van der Waals surface area contributed by atoms with E-state index in [2.05, 4.69) is 21.1 Å². The SMILES string of the molecule is Cc1cc(C)cc(-n2c(C)cc3c(cnc4ncnn43)c2=O)c1. The molecule has 0 saturated heterocycles. The lowest BCUT2D eigenvalue weighted by atomic mass is 10.1. The summed E-state index contributed by atoms with van der Waals surface area (Å²) < 4.78 is 3.31. The summed E-state index contributed by atoms with van der Waals surface area (Å²) in [6, 6.07) is 8.05. The number of hydrogen-bond donors (Lipinski definition) is 0. The Labute approximate surface area is 132 Å². The molecule has 6 heteroatoms. The fourth-order valence-electron chi connectivity index (χ4n) is 3.04. The molecule has 6 nitrogen and oxygen atoms in total. The standard InChI is InChI=1S/C17H15N5O/c1-10-4-11(2)6-13(5-10)21-12(3)7-15-14(16(21)23)8-18-17-19-9-20-22(15)17/h4-9H,1-3H3. The van der Waals surface area contributed by atoms with E-state index in [4.69, 9.17) is 0 Å². The molecule has 0 bridgehead atoms. The molecule has 1 aromatic carbocycles. The average Bonchev–Trinajstić information content (AvgIpc) is 2.95. The number of nitrogens with zero attached hydrogens (tertiary/aromatic N) is 5. The van der Waals surface area contributed by atoms with Gasteiger partial charge in [0.1, 0.15) is 6.33 Å². The second-order valence-corrected chi connectivity index (χ2v) is 5.80. The van der Waals surface area contributed by atoms with Crippen molar-refractivity contribution >= 4 is 16.7 Å². The van der Waals surface area contributed by atoms with Crippen molar-refractivity contribution in [2.75, 3.05) is 0 Å². The van der Waals surface area contributed by atoms with Gasteiger partial charge in [-0.3, -0.25) is 9.36 Å². The van der Waals surface area contributed by atoms with Crippen molar-refractivity contribution in [3.05, 3.63) is 64.0 Å². The zero-order valence-corrected chi connectivity index (χ0v) is 13.1. The highest BCUT2D eigenvalue weighted by atomic mass is 16.1. The van der Waals surface area contributed by atoms with Crippen molar-refractivity contribution < 1.29 is 0 Å². The maximum atomic E-state index is 13.0. The van der Waals surface area contributed by atoms with Gasteiger partial charge in [-0.1, -0.05) is 6.07 Å². The van der Waals surface area contributed by atoms with Gasteiger partial charge in [-0.2, -0.15) is 14.6 Å². The van der Waals surface area contributed by atoms with Crippen LogP contribution in [0.25, 0.3) is 22.4 Å². The van der Waals surface area contributed by atoms with Crippen molar-refractivity contribution in [1.29, 1.82) is 0 Å². The first-order chi connectivity index (χ1) is 11.0. The van der Waals surface area contributed by atoms with Crippen LogP contribution in [0.3, 0.4) is 0 Å². The van der Waals surface area contributed by atoms with Crippen LogP contribution in [0.1, 0.15) is 16.8 Å². The minimum absolute atomic E-state index is 0.102. The summed E-state index contributed by atoms with van der Waals surface area (Å²) in [5.41, 5.74) is 4.57. The lowest BCUT2D eigenvalue weighted by molar-refractivity contribution is 0.924. The predicted octanol–water partition coefficient (Wildman–Crippen LogP) is 2.35. The molecule has 0 unspecified atom stereocenters. The summed E-state index contributed by atoms with van der Waals surface area (Å²) in [6.07, 6.45) is 3.01. The van der Waals surface area contributed by atoms with Gasteiger partial charge in [0.25, 0.3) is 11.3 Å². The third-order valence-electron chi connectivity index (χ3n) is 3.94. The lowest BCUT2D eigenvalue weighted by Crippen LogP contribution is -2.22. The van der Waals surface area contributed by atoms with Crippen molar-refractivity contribution in [2.24, 2.45) is 0 Å². The summed E-state index contributed by atoms with van der Waals surface area (Å²) in [5, 5.41) is 4.68. The van der Waals surface area contributed by atoms with Crippen LogP contribution in [0.4, 0.5) is 0 Å². The first-order valence-corrected chi connectivity index (χ1v) is 7.34. The van der Waals surface area contributed by atoms with E-state index in [9.17, 15) is 4.79 Å². The monoisotopic (exact) mass is 305 g/mol. The summed E-state index contributed by atoms with van der Waals surface area (Å²) >= 11 is 0. The third kappa shape index (κ3) is 2.03. The van der Waals surface area contributed by atoms with E-state index in [1.54, 1.807) is 15.3 Å². The molecule has 0 aliphatic rings. The van der Waals surface area contributed by atoms with Gasteiger partial charge in [-0.05, 0) is 50.1 Å². The first-order valence-electron chi connectivity index (χ1n) is 7.34. The van der Waals surface area contributed by atoms with Crippen LogP contribution in [-0.4, -0.2) is 24.1 Å². The van der Waals surface area contributed by atoms with E-state index >= 15 is 0 Å². The second-order valence-electron chi connectivity index (χ2n) is 5.80. The Balaban J connectivity index is 2.12. The molecule has 0 radical (unpaired) electrons. The molecule has 0 atom stereocenters. The molecule has 0 aliphatic carbocycles. The van der Waals surface area contributed by atoms with Crippen LogP contribution < -0.4 is 5.56 Å². The van der Waals surface area contributed by atoms with E-state index in [1.807, 2.05) is 39.0 Å². The van der Waals surface area contributed by atoms with Crippen molar-refractivity contribution in [3.63, 3.8) is 0 Å². The zero-order valence-electron chi connectivity index (χ0n) is 13.1. The van der Waals surface area contributed by atoms with Crippen LogP contribution in [-0.2, 0) is 0 Å². The van der Waals surface area contributed by atoms with Gasteiger partial charge in [0.05, 0.1) is 10.9 Å². The van der Waals surface area contributed by atoms with Crippen LogP contribution in [0.2, 0.25) is 0 Å². The maximum absolute atomic E-state index is 13.0. The maximum Gasteiger partial charge on any atom is 0.266 e. The van der Waals surface area contributed by atoms with Crippen LogP contribution >= 0.6 is 0 Å². The molecule has 0 fully saturated rings. The highest BCUT2D eigenvalue weighted by Crippen LogP contribution is 2.17.